The Morgan fingerprint density at radius 3 is 2.80 bits per heavy atom. The zero-order valence-corrected chi connectivity index (χ0v) is 12.9. The van der Waals surface area contributed by atoms with Gasteiger partial charge >= 0.3 is 0 Å². The van der Waals surface area contributed by atoms with Crippen molar-refractivity contribution in [2.45, 2.75) is 13.0 Å². The number of halogens is 3. The van der Waals surface area contributed by atoms with Gasteiger partial charge in [0.2, 0.25) is 0 Å². The number of hydrogen-bond acceptors (Lipinski definition) is 2. The average molecular weight is 358 g/mol. The van der Waals surface area contributed by atoms with E-state index in [9.17, 15) is 9.18 Å². The van der Waals surface area contributed by atoms with Gasteiger partial charge in [-0.1, -0.05) is 17.7 Å². The Morgan fingerprint density at radius 2 is 2.15 bits per heavy atom. The quantitative estimate of drug-likeness (QED) is 0.897. The van der Waals surface area contributed by atoms with Gasteiger partial charge in [-0.05, 0) is 46.6 Å². The van der Waals surface area contributed by atoms with Crippen LogP contribution in [0.5, 0.6) is 0 Å². The van der Waals surface area contributed by atoms with Gasteiger partial charge < -0.3 is 5.32 Å². The molecule has 3 nitrogen and oxygen atoms in total. The van der Waals surface area contributed by atoms with Crippen LogP contribution in [0.3, 0.4) is 0 Å². The third-order valence-electron chi connectivity index (χ3n) is 2.74. The third-order valence-corrected chi connectivity index (χ3v) is 3.50. The second-order valence-electron chi connectivity index (χ2n) is 4.25. The summed E-state index contributed by atoms with van der Waals surface area (Å²) in [6.07, 6.45) is 3.07. The molecule has 0 bridgehead atoms. The monoisotopic (exact) mass is 356 g/mol. The van der Waals surface area contributed by atoms with E-state index in [1.807, 2.05) is 0 Å². The highest BCUT2D eigenvalue weighted by Gasteiger charge is 2.14. The Kier molecular flexibility index (Phi) is 4.73. The number of hydrogen-bond donors (Lipinski definition) is 1. The molecule has 0 fully saturated rings. The van der Waals surface area contributed by atoms with E-state index in [1.165, 1.54) is 18.3 Å². The number of nitrogens with zero attached hydrogens (tertiary/aromatic N) is 1. The molecule has 1 unspecified atom stereocenters. The fourth-order valence-electron chi connectivity index (χ4n) is 1.75. The van der Waals surface area contributed by atoms with Gasteiger partial charge in [0, 0.05) is 21.9 Å². The summed E-state index contributed by atoms with van der Waals surface area (Å²) >= 11 is 9.22. The van der Waals surface area contributed by atoms with E-state index in [-0.39, 0.29) is 17.0 Å². The van der Waals surface area contributed by atoms with Crippen LogP contribution in [0.25, 0.3) is 0 Å². The molecule has 1 aromatic heterocycles. The second kappa shape index (κ2) is 6.33. The van der Waals surface area contributed by atoms with Crippen molar-refractivity contribution in [2.75, 3.05) is 0 Å². The van der Waals surface area contributed by atoms with Crippen LogP contribution >= 0.6 is 27.5 Å². The zero-order valence-electron chi connectivity index (χ0n) is 10.5. The summed E-state index contributed by atoms with van der Waals surface area (Å²) in [5.41, 5.74) is 1.09. The van der Waals surface area contributed by atoms with Gasteiger partial charge in [-0.2, -0.15) is 0 Å². The molecule has 0 spiro atoms. The summed E-state index contributed by atoms with van der Waals surface area (Å²) in [4.78, 5) is 16.0. The fourth-order valence-corrected chi connectivity index (χ4v) is 2.44. The van der Waals surface area contributed by atoms with Crippen LogP contribution in [0.15, 0.2) is 41.1 Å². The van der Waals surface area contributed by atoms with Crippen molar-refractivity contribution in [1.29, 1.82) is 0 Å². The van der Waals surface area contributed by atoms with Gasteiger partial charge in [-0.15, -0.1) is 0 Å². The molecular formula is C14H11BrClFN2O. The molecule has 6 heteroatoms. The van der Waals surface area contributed by atoms with Crippen LogP contribution in [0.1, 0.15) is 28.9 Å². The summed E-state index contributed by atoms with van der Waals surface area (Å²) in [5, 5.41) is 3.08. The van der Waals surface area contributed by atoms with Crippen LogP contribution < -0.4 is 5.32 Å². The molecule has 1 N–H and O–H groups in total. The smallest absolute Gasteiger partial charge is 0.253 e. The first-order valence-corrected chi connectivity index (χ1v) is 7.01. The number of amides is 1. The summed E-state index contributed by atoms with van der Waals surface area (Å²) in [6, 6.07) is 5.42. The van der Waals surface area contributed by atoms with Crippen molar-refractivity contribution < 1.29 is 9.18 Å². The van der Waals surface area contributed by atoms with Crippen LogP contribution in [0.2, 0.25) is 5.02 Å². The predicted octanol–water partition coefficient (Wildman–Crippen LogP) is 4.13. The van der Waals surface area contributed by atoms with Gasteiger partial charge in [-0.3, -0.25) is 9.78 Å². The SMILES string of the molecule is CC(NC(=O)c1cncc(Br)c1)c1ccc(F)cc1Cl. The maximum Gasteiger partial charge on any atom is 0.253 e. The van der Waals surface area contributed by atoms with Crippen molar-refractivity contribution in [3.05, 3.63) is 63.1 Å². The maximum absolute atomic E-state index is 13.0. The van der Waals surface area contributed by atoms with Crippen LogP contribution in [-0.4, -0.2) is 10.9 Å². The molecule has 0 saturated carbocycles. The molecule has 0 radical (unpaired) electrons. The molecule has 1 aromatic carbocycles. The van der Waals surface area contributed by atoms with Crippen molar-refractivity contribution in [1.82, 2.24) is 10.3 Å². The Morgan fingerprint density at radius 1 is 1.40 bits per heavy atom. The van der Waals surface area contributed by atoms with E-state index in [1.54, 1.807) is 25.3 Å². The number of nitrogens with one attached hydrogen (secondary N) is 1. The minimum atomic E-state index is -0.409. The molecule has 1 heterocycles. The second-order valence-corrected chi connectivity index (χ2v) is 5.58. The first-order chi connectivity index (χ1) is 9.47. The van der Waals surface area contributed by atoms with Crippen molar-refractivity contribution in [3.63, 3.8) is 0 Å². The van der Waals surface area contributed by atoms with E-state index < -0.39 is 5.82 Å². The first kappa shape index (κ1) is 14.9. The molecule has 2 rings (SSSR count). The van der Waals surface area contributed by atoms with Crippen LogP contribution in [0.4, 0.5) is 4.39 Å². The predicted molar refractivity (Wildman–Crippen MR) is 79.2 cm³/mol. The van der Waals surface area contributed by atoms with Crippen LogP contribution in [0, 0.1) is 5.82 Å². The normalized spacial score (nSPS) is 12.0. The molecule has 0 aliphatic heterocycles. The zero-order chi connectivity index (χ0) is 14.7. The van der Waals surface area contributed by atoms with Gasteiger partial charge in [0.15, 0.2) is 0 Å². The van der Waals surface area contributed by atoms with Crippen molar-refractivity contribution >= 4 is 33.4 Å². The summed E-state index contributed by atoms with van der Waals surface area (Å²) in [7, 11) is 0. The lowest BCUT2D eigenvalue weighted by molar-refractivity contribution is 0.0939. The number of carbonyl (C=O) groups is 1. The Balaban J connectivity index is 2.15. The highest BCUT2D eigenvalue weighted by molar-refractivity contribution is 9.10. The van der Waals surface area contributed by atoms with E-state index in [0.29, 0.717) is 11.1 Å². The Labute approximate surface area is 129 Å². The minimum Gasteiger partial charge on any atom is -0.345 e. The van der Waals surface area contributed by atoms with Crippen molar-refractivity contribution in [3.8, 4) is 0 Å². The summed E-state index contributed by atoms with van der Waals surface area (Å²) in [5.74, 6) is -0.680. The highest BCUT2D eigenvalue weighted by Crippen LogP contribution is 2.24. The molecule has 104 valence electrons. The molecular weight excluding hydrogens is 347 g/mol. The number of benzene rings is 1. The van der Waals surface area contributed by atoms with Gasteiger partial charge in [-0.25, -0.2) is 4.39 Å². The lowest BCUT2D eigenvalue weighted by Gasteiger charge is -2.15. The number of carbonyl (C=O) groups excluding carboxylic acids is 1. The number of aromatic nitrogens is 1. The minimum absolute atomic E-state index is 0.272. The van der Waals surface area contributed by atoms with E-state index >= 15 is 0 Å². The molecule has 1 amide bonds. The Hall–Kier alpha value is -1.46. The third kappa shape index (κ3) is 3.55. The summed E-state index contributed by atoms with van der Waals surface area (Å²) < 4.78 is 13.7. The molecule has 2 aromatic rings. The molecule has 0 aliphatic rings. The van der Waals surface area contributed by atoms with E-state index in [4.69, 9.17) is 11.6 Å². The summed E-state index contributed by atoms with van der Waals surface area (Å²) in [6.45, 7) is 1.78. The standard InChI is InChI=1S/C14H11BrClFN2O/c1-8(12-3-2-11(17)5-13(12)16)19-14(20)9-4-10(15)7-18-6-9/h2-8H,1H3,(H,19,20). The molecule has 0 saturated heterocycles. The number of pyridine rings is 1. The van der Waals surface area contributed by atoms with Crippen molar-refractivity contribution in [2.24, 2.45) is 0 Å². The molecule has 1 atom stereocenters. The average Bonchev–Trinajstić information content (AvgIpc) is 2.38. The topological polar surface area (TPSA) is 42.0 Å². The fraction of sp³-hybridized carbons (Fsp3) is 0.143. The Bertz CT molecular complexity index is 651. The molecule has 0 aliphatic carbocycles. The first-order valence-electron chi connectivity index (χ1n) is 5.83. The van der Waals surface area contributed by atoms with E-state index in [0.717, 1.165) is 4.47 Å². The van der Waals surface area contributed by atoms with E-state index in [2.05, 4.69) is 26.2 Å². The van der Waals surface area contributed by atoms with Gasteiger partial charge in [0.05, 0.1) is 11.6 Å². The largest absolute Gasteiger partial charge is 0.345 e. The highest BCUT2D eigenvalue weighted by atomic mass is 79.9. The lowest BCUT2D eigenvalue weighted by Crippen LogP contribution is -2.27. The van der Waals surface area contributed by atoms with Gasteiger partial charge in [0.25, 0.3) is 5.91 Å². The van der Waals surface area contributed by atoms with Gasteiger partial charge in [0.1, 0.15) is 5.82 Å². The molecule has 20 heavy (non-hydrogen) atoms. The van der Waals surface area contributed by atoms with Crippen LogP contribution in [-0.2, 0) is 0 Å². The maximum atomic E-state index is 13.0. The number of rotatable bonds is 3. The lowest BCUT2D eigenvalue weighted by atomic mass is 10.1.